The average Bonchev–Trinajstić information content (AvgIpc) is 2.87. The number of carbonyl (C=O) groups excluding carboxylic acids is 2. The van der Waals surface area contributed by atoms with E-state index >= 15 is 0 Å². The van der Waals surface area contributed by atoms with Crippen molar-refractivity contribution in [2.45, 2.75) is 51.4 Å². The molecule has 0 amide bonds. The van der Waals surface area contributed by atoms with E-state index in [1.165, 1.54) is 29.0 Å². The number of carbonyl (C=O) groups is 2. The van der Waals surface area contributed by atoms with Crippen LogP contribution in [0, 0.1) is 0 Å². The van der Waals surface area contributed by atoms with Crippen LogP contribution >= 0.6 is 0 Å². The fourth-order valence-electron chi connectivity index (χ4n) is 4.05. The number of methoxy groups -OCH3 is 1. The van der Waals surface area contributed by atoms with Gasteiger partial charge in [-0.15, -0.1) is 0 Å². The van der Waals surface area contributed by atoms with E-state index in [1.54, 1.807) is 0 Å². The Hall–Kier alpha value is -3.22. The van der Waals surface area contributed by atoms with E-state index in [0.717, 1.165) is 19.5 Å². The highest BCUT2D eigenvalue weighted by atomic mass is 16.5. The topological polar surface area (TPSA) is 73.9 Å². The van der Waals surface area contributed by atoms with Crippen LogP contribution in [0.15, 0.2) is 66.7 Å². The third kappa shape index (κ3) is 7.91. The predicted octanol–water partition coefficient (Wildman–Crippen LogP) is 5.25. The van der Waals surface area contributed by atoms with Gasteiger partial charge in [0.2, 0.25) is 0 Å². The van der Waals surface area contributed by atoms with Gasteiger partial charge in [0.1, 0.15) is 5.60 Å². The quantitative estimate of drug-likeness (QED) is 0.386. The normalized spacial score (nSPS) is 17.7. The molecule has 3 aromatic carbocycles. The lowest BCUT2D eigenvalue weighted by Crippen LogP contribution is -2.41. The number of hydrogen-bond acceptors (Lipinski definition) is 6. The molecule has 6 heteroatoms. The lowest BCUT2D eigenvalue weighted by molar-refractivity contribution is -0.138. The maximum atomic E-state index is 11.7. The molecule has 2 unspecified atom stereocenters. The van der Waals surface area contributed by atoms with Crippen LogP contribution in [-0.2, 0) is 25.6 Å². The van der Waals surface area contributed by atoms with Gasteiger partial charge in [0.15, 0.2) is 0 Å². The van der Waals surface area contributed by atoms with Crippen molar-refractivity contribution in [2.75, 3.05) is 20.2 Å². The summed E-state index contributed by atoms with van der Waals surface area (Å²) < 4.78 is 15.7. The van der Waals surface area contributed by atoms with E-state index in [-0.39, 0.29) is 17.7 Å². The zero-order valence-electron chi connectivity index (χ0n) is 21.0. The summed E-state index contributed by atoms with van der Waals surface area (Å²) in [6.07, 6.45) is 1.11. The number of piperidine rings is 1. The molecule has 1 saturated heterocycles. The molecule has 1 heterocycles. The summed E-state index contributed by atoms with van der Waals surface area (Å²) in [7, 11) is 1.40. The van der Waals surface area contributed by atoms with Crippen molar-refractivity contribution in [3.8, 4) is 0 Å². The highest BCUT2D eigenvalue weighted by molar-refractivity contribution is 5.89. The molecule has 0 spiro atoms. The zero-order valence-corrected chi connectivity index (χ0v) is 21.0. The molecule has 6 nitrogen and oxygen atoms in total. The molecule has 1 fully saturated rings. The molecule has 0 radical (unpaired) electrons. The number of nitrogens with one attached hydrogen (secondary N) is 1. The lowest BCUT2D eigenvalue weighted by Gasteiger charge is -2.32. The molecular formula is C29H35NO5. The Labute approximate surface area is 207 Å². The van der Waals surface area contributed by atoms with Crippen molar-refractivity contribution < 1.29 is 23.8 Å². The molecule has 35 heavy (non-hydrogen) atoms. The summed E-state index contributed by atoms with van der Waals surface area (Å²) in [6.45, 7) is 8.31. The maximum Gasteiger partial charge on any atom is 0.337 e. The van der Waals surface area contributed by atoms with Gasteiger partial charge in [0, 0.05) is 12.5 Å². The first-order valence-electron chi connectivity index (χ1n) is 11.9. The van der Waals surface area contributed by atoms with Gasteiger partial charge in [-0.05, 0) is 73.8 Å². The standard InChI is InChI=1S/C24H25NO3.C5H10O2/c1-27-24(26)20-10-8-19(9-11-20)22-12-13-25-15-23(22)28-16-17-6-7-18-4-2-3-5-21(18)14-17;1-5(2,3)7-4-6/h2-11,14,22-23,25H,12-13,15-16H2,1H3;4H,1-3H3. The highest BCUT2D eigenvalue weighted by Gasteiger charge is 2.27. The molecule has 0 saturated carbocycles. The summed E-state index contributed by atoms with van der Waals surface area (Å²) in [4.78, 5) is 21.3. The molecule has 2 atom stereocenters. The minimum Gasteiger partial charge on any atom is -0.465 e. The summed E-state index contributed by atoms with van der Waals surface area (Å²) in [5.74, 6) is 0.00867. The van der Waals surface area contributed by atoms with Gasteiger partial charge >= 0.3 is 5.97 Å². The molecule has 0 aromatic heterocycles. The van der Waals surface area contributed by atoms with Crippen LogP contribution in [0.5, 0.6) is 0 Å². The van der Waals surface area contributed by atoms with Gasteiger partial charge in [-0.3, -0.25) is 4.79 Å². The van der Waals surface area contributed by atoms with E-state index in [1.807, 2.05) is 45.0 Å². The number of ether oxygens (including phenoxy) is 3. The van der Waals surface area contributed by atoms with Crippen molar-refractivity contribution in [1.82, 2.24) is 5.32 Å². The summed E-state index contributed by atoms with van der Waals surface area (Å²) in [5.41, 5.74) is 2.65. The fourth-order valence-corrected chi connectivity index (χ4v) is 4.05. The Kier molecular flexibility index (Phi) is 9.40. The zero-order chi connectivity index (χ0) is 25.3. The Morgan fingerprint density at radius 3 is 2.37 bits per heavy atom. The Morgan fingerprint density at radius 1 is 1.03 bits per heavy atom. The van der Waals surface area contributed by atoms with E-state index in [2.05, 4.69) is 52.5 Å². The van der Waals surface area contributed by atoms with E-state index in [0.29, 0.717) is 24.6 Å². The van der Waals surface area contributed by atoms with Gasteiger partial charge in [0.25, 0.3) is 6.47 Å². The fraction of sp³-hybridized carbons (Fsp3) is 0.379. The van der Waals surface area contributed by atoms with Crippen molar-refractivity contribution >= 4 is 23.2 Å². The van der Waals surface area contributed by atoms with Gasteiger partial charge in [0.05, 0.1) is 25.4 Å². The molecule has 3 aromatic rings. The van der Waals surface area contributed by atoms with Gasteiger partial charge in [-0.25, -0.2) is 4.79 Å². The smallest absolute Gasteiger partial charge is 0.337 e. The van der Waals surface area contributed by atoms with Crippen LogP contribution in [0.1, 0.15) is 54.6 Å². The second-order valence-corrected chi connectivity index (χ2v) is 9.57. The lowest BCUT2D eigenvalue weighted by atomic mass is 9.87. The predicted molar refractivity (Wildman–Crippen MR) is 137 cm³/mol. The minimum absolute atomic E-state index is 0.101. The number of benzene rings is 3. The van der Waals surface area contributed by atoms with Crippen LogP contribution < -0.4 is 5.32 Å². The van der Waals surface area contributed by atoms with Crippen molar-refractivity contribution in [1.29, 1.82) is 0 Å². The van der Waals surface area contributed by atoms with Gasteiger partial charge in [-0.2, -0.15) is 0 Å². The van der Waals surface area contributed by atoms with Crippen LogP contribution in [-0.4, -0.2) is 44.3 Å². The van der Waals surface area contributed by atoms with E-state index < -0.39 is 0 Å². The van der Waals surface area contributed by atoms with Crippen LogP contribution in [0.3, 0.4) is 0 Å². The third-order valence-electron chi connectivity index (χ3n) is 5.87. The number of esters is 1. The SMILES string of the molecule is CC(C)(C)OC=O.COC(=O)c1ccc(C2CCNCC2OCc2ccc3ccccc3c2)cc1. The Morgan fingerprint density at radius 2 is 1.74 bits per heavy atom. The summed E-state index contributed by atoms with van der Waals surface area (Å²) in [5, 5.41) is 5.92. The van der Waals surface area contributed by atoms with E-state index in [9.17, 15) is 9.59 Å². The Bertz CT molecular complexity index is 1100. The molecule has 0 aliphatic carbocycles. The minimum atomic E-state index is -0.318. The van der Waals surface area contributed by atoms with Gasteiger partial charge < -0.3 is 19.5 Å². The van der Waals surface area contributed by atoms with E-state index in [4.69, 9.17) is 9.47 Å². The molecule has 1 aliphatic rings. The first-order chi connectivity index (χ1) is 16.8. The number of hydrogen-bond donors (Lipinski definition) is 1. The molecule has 4 rings (SSSR count). The Balaban J connectivity index is 0.000000429. The molecular weight excluding hydrogens is 442 g/mol. The average molecular weight is 478 g/mol. The van der Waals surface area contributed by atoms with Crippen molar-refractivity contribution in [3.63, 3.8) is 0 Å². The van der Waals surface area contributed by atoms with Crippen LogP contribution in [0.4, 0.5) is 0 Å². The first-order valence-corrected chi connectivity index (χ1v) is 11.9. The second-order valence-electron chi connectivity index (χ2n) is 9.57. The molecule has 1 aliphatic heterocycles. The van der Waals surface area contributed by atoms with Crippen molar-refractivity contribution in [3.05, 3.63) is 83.4 Å². The first kappa shape index (κ1) is 26.4. The van der Waals surface area contributed by atoms with Crippen LogP contribution in [0.2, 0.25) is 0 Å². The van der Waals surface area contributed by atoms with Gasteiger partial charge in [-0.1, -0.05) is 48.5 Å². The highest BCUT2D eigenvalue weighted by Crippen LogP contribution is 2.29. The maximum absolute atomic E-state index is 11.7. The summed E-state index contributed by atoms with van der Waals surface area (Å²) >= 11 is 0. The molecule has 1 N–H and O–H groups in total. The molecule has 0 bridgehead atoms. The molecule has 186 valence electrons. The summed E-state index contributed by atoms with van der Waals surface area (Å²) in [6, 6.07) is 22.6. The number of rotatable bonds is 6. The largest absolute Gasteiger partial charge is 0.465 e. The van der Waals surface area contributed by atoms with Crippen LogP contribution in [0.25, 0.3) is 10.8 Å². The van der Waals surface area contributed by atoms with Crippen molar-refractivity contribution in [2.24, 2.45) is 0 Å². The number of fused-ring (bicyclic) bond motifs is 1. The third-order valence-corrected chi connectivity index (χ3v) is 5.87. The second kappa shape index (κ2) is 12.5. The monoisotopic (exact) mass is 477 g/mol.